The summed E-state index contributed by atoms with van der Waals surface area (Å²) in [5.41, 5.74) is -0.238. The SMILES string of the molecule is CC(C)(C)OC(=O)N[C@@H](CCC(=O)OCc1ccccc1)NC(=O)Oc1c(F)c(F)c(F)c(F)c1F. The molecule has 0 aliphatic carbocycles. The summed E-state index contributed by atoms with van der Waals surface area (Å²) in [6.45, 7) is 4.60. The number of amides is 2. The fourth-order valence-corrected chi connectivity index (χ4v) is 2.64. The number of halogens is 5. The number of nitrogens with one attached hydrogen (secondary N) is 2. The van der Waals surface area contributed by atoms with Crippen LogP contribution in [-0.2, 0) is 20.9 Å². The number of hydrogen-bond donors (Lipinski definition) is 2. The molecule has 8 nitrogen and oxygen atoms in total. The zero-order valence-corrected chi connectivity index (χ0v) is 19.4. The van der Waals surface area contributed by atoms with Crippen LogP contribution >= 0.6 is 0 Å². The highest BCUT2D eigenvalue weighted by Gasteiger charge is 2.29. The first-order chi connectivity index (χ1) is 16.8. The Labute approximate surface area is 202 Å². The third-order valence-corrected chi connectivity index (χ3v) is 4.23. The maximum atomic E-state index is 13.8. The van der Waals surface area contributed by atoms with Gasteiger partial charge in [-0.05, 0) is 32.8 Å². The van der Waals surface area contributed by atoms with Crippen LogP contribution in [0.2, 0.25) is 0 Å². The Bertz CT molecular complexity index is 1080. The van der Waals surface area contributed by atoms with Gasteiger partial charge in [0.05, 0.1) is 0 Å². The van der Waals surface area contributed by atoms with Crippen molar-refractivity contribution in [2.75, 3.05) is 0 Å². The van der Waals surface area contributed by atoms with Crippen molar-refractivity contribution in [3.05, 3.63) is 65.0 Å². The van der Waals surface area contributed by atoms with Crippen molar-refractivity contribution in [1.82, 2.24) is 10.6 Å². The summed E-state index contributed by atoms with van der Waals surface area (Å²) < 4.78 is 81.9. The largest absolute Gasteiger partial charge is 0.461 e. The van der Waals surface area contributed by atoms with E-state index in [0.29, 0.717) is 5.56 Å². The molecule has 0 fully saturated rings. The zero-order valence-electron chi connectivity index (χ0n) is 19.4. The van der Waals surface area contributed by atoms with Gasteiger partial charge in [0, 0.05) is 6.42 Å². The third-order valence-electron chi connectivity index (χ3n) is 4.23. The van der Waals surface area contributed by atoms with E-state index in [1.807, 2.05) is 5.32 Å². The van der Waals surface area contributed by atoms with Gasteiger partial charge in [0.1, 0.15) is 18.4 Å². The fourth-order valence-electron chi connectivity index (χ4n) is 2.64. The Hall–Kier alpha value is -3.90. The van der Waals surface area contributed by atoms with Crippen LogP contribution in [-0.4, -0.2) is 29.9 Å². The smallest absolute Gasteiger partial charge is 0.414 e. The van der Waals surface area contributed by atoms with Gasteiger partial charge in [-0.15, -0.1) is 0 Å². The standard InChI is InChI=1S/C23H23F5N2O6/c1-23(2,3)36-22(33)30-13(9-10-14(31)34-11-12-7-5-4-6-8-12)29-21(32)35-20-18(27)16(25)15(24)17(26)19(20)28/h4-8,13H,9-11H2,1-3H3,(H,29,32)(H,30,33)/t13-/m0/s1. The van der Waals surface area contributed by atoms with Crippen LogP contribution in [0.1, 0.15) is 39.2 Å². The summed E-state index contributed by atoms with van der Waals surface area (Å²) in [5.74, 6) is -14.4. The average Bonchev–Trinajstić information content (AvgIpc) is 2.80. The predicted molar refractivity (Wildman–Crippen MR) is 114 cm³/mol. The fraction of sp³-hybridized carbons (Fsp3) is 0.348. The molecule has 0 unspecified atom stereocenters. The molecule has 2 N–H and O–H groups in total. The van der Waals surface area contributed by atoms with E-state index in [1.165, 1.54) is 0 Å². The van der Waals surface area contributed by atoms with Crippen LogP contribution in [0.15, 0.2) is 30.3 Å². The molecule has 0 spiro atoms. The Morgan fingerprint density at radius 1 is 0.833 bits per heavy atom. The van der Waals surface area contributed by atoms with Crippen LogP contribution in [0.3, 0.4) is 0 Å². The number of ether oxygens (including phenoxy) is 3. The Morgan fingerprint density at radius 2 is 1.36 bits per heavy atom. The van der Waals surface area contributed by atoms with Crippen LogP contribution in [0, 0.1) is 29.1 Å². The minimum Gasteiger partial charge on any atom is -0.461 e. The third kappa shape index (κ3) is 8.40. The van der Waals surface area contributed by atoms with Crippen molar-refractivity contribution < 1.29 is 50.5 Å². The molecule has 0 saturated heterocycles. The molecule has 196 valence electrons. The van der Waals surface area contributed by atoms with E-state index in [1.54, 1.807) is 51.1 Å². The molecule has 0 heterocycles. The molecule has 2 rings (SSSR count). The Balaban J connectivity index is 2.07. The number of carbonyl (C=O) groups is 3. The van der Waals surface area contributed by atoms with Gasteiger partial charge in [-0.3, -0.25) is 4.79 Å². The minimum atomic E-state index is -2.43. The van der Waals surface area contributed by atoms with Crippen molar-refractivity contribution >= 4 is 18.2 Å². The second-order valence-electron chi connectivity index (χ2n) is 8.32. The van der Waals surface area contributed by atoms with Gasteiger partial charge >= 0.3 is 18.2 Å². The molecule has 2 aromatic carbocycles. The van der Waals surface area contributed by atoms with Crippen LogP contribution in [0.4, 0.5) is 31.5 Å². The van der Waals surface area contributed by atoms with Crippen LogP contribution in [0.25, 0.3) is 0 Å². The topological polar surface area (TPSA) is 103 Å². The summed E-state index contributed by atoms with van der Waals surface area (Å²) in [5, 5.41) is 4.17. The lowest BCUT2D eigenvalue weighted by atomic mass is 10.2. The molecule has 13 heteroatoms. The summed E-state index contributed by atoms with van der Waals surface area (Å²) in [6.07, 6.45) is -4.80. The van der Waals surface area contributed by atoms with Gasteiger partial charge in [0.15, 0.2) is 0 Å². The lowest BCUT2D eigenvalue weighted by Crippen LogP contribution is -2.50. The van der Waals surface area contributed by atoms with Crippen molar-refractivity contribution in [2.24, 2.45) is 0 Å². The Kier molecular flexibility index (Phi) is 9.59. The number of esters is 1. The zero-order chi connectivity index (χ0) is 27.0. The molecular formula is C23H23F5N2O6. The number of carbonyl (C=O) groups excluding carboxylic acids is 3. The normalized spacial score (nSPS) is 11.9. The summed E-state index contributed by atoms with van der Waals surface area (Å²) in [6, 6.07) is 8.69. The van der Waals surface area contributed by atoms with E-state index < -0.39 is 64.8 Å². The van der Waals surface area contributed by atoms with Gasteiger partial charge in [-0.2, -0.15) is 8.78 Å². The number of benzene rings is 2. The van der Waals surface area contributed by atoms with E-state index in [-0.39, 0.29) is 19.4 Å². The first kappa shape index (κ1) is 28.3. The maximum absolute atomic E-state index is 13.8. The van der Waals surface area contributed by atoms with Crippen molar-refractivity contribution in [2.45, 2.75) is 52.0 Å². The van der Waals surface area contributed by atoms with Crippen LogP contribution in [0.5, 0.6) is 5.75 Å². The highest BCUT2D eigenvalue weighted by Crippen LogP contribution is 2.29. The van der Waals surface area contributed by atoms with Crippen LogP contribution < -0.4 is 15.4 Å². The van der Waals surface area contributed by atoms with Crippen molar-refractivity contribution in [1.29, 1.82) is 0 Å². The van der Waals surface area contributed by atoms with E-state index >= 15 is 0 Å². The van der Waals surface area contributed by atoms with Crippen molar-refractivity contribution in [3.63, 3.8) is 0 Å². The molecule has 1 atom stereocenters. The molecule has 36 heavy (non-hydrogen) atoms. The van der Waals surface area contributed by atoms with Gasteiger partial charge in [0.2, 0.25) is 34.8 Å². The second-order valence-corrected chi connectivity index (χ2v) is 8.32. The summed E-state index contributed by atoms with van der Waals surface area (Å²) >= 11 is 0. The average molecular weight is 518 g/mol. The van der Waals surface area contributed by atoms with Gasteiger partial charge in [-0.1, -0.05) is 30.3 Å². The highest BCUT2D eigenvalue weighted by atomic mass is 19.2. The van der Waals surface area contributed by atoms with Crippen molar-refractivity contribution in [3.8, 4) is 5.75 Å². The molecular weight excluding hydrogens is 495 g/mol. The molecule has 0 radical (unpaired) electrons. The number of hydrogen-bond acceptors (Lipinski definition) is 6. The summed E-state index contributed by atoms with van der Waals surface area (Å²) in [7, 11) is 0. The molecule has 2 amide bonds. The Morgan fingerprint density at radius 3 is 1.92 bits per heavy atom. The van der Waals surface area contributed by atoms with E-state index in [9.17, 15) is 36.3 Å². The van der Waals surface area contributed by atoms with E-state index in [4.69, 9.17) is 9.47 Å². The van der Waals surface area contributed by atoms with E-state index in [0.717, 1.165) is 0 Å². The quantitative estimate of drug-likeness (QED) is 0.170. The maximum Gasteiger partial charge on any atom is 0.414 e. The van der Waals surface area contributed by atoms with E-state index in [2.05, 4.69) is 10.1 Å². The lowest BCUT2D eigenvalue weighted by molar-refractivity contribution is -0.145. The predicted octanol–water partition coefficient (Wildman–Crippen LogP) is 4.84. The molecule has 0 aromatic heterocycles. The van der Waals surface area contributed by atoms with Gasteiger partial charge in [-0.25, -0.2) is 22.8 Å². The van der Waals surface area contributed by atoms with Gasteiger partial charge < -0.3 is 24.8 Å². The molecule has 0 bridgehead atoms. The highest BCUT2D eigenvalue weighted by molar-refractivity contribution is 5.74. The lowest BCUT2D eigenvalue weighted by Gasteiger charge is -2.24. The second kappa shape index (κ2) is 12.2. The first-order valence-corrected chi connectivity index (χ1v) is 10.5. The summed E-state index contributed by atoms with van der Waals surface area (Å²) in [4.78, 5) is 36.3. The molecule has 0 saturated carbocycles. The number of rotatable bonds is 8. The monoisotopic (exact) mass is 518 g/mol. The molecule has 2 aromatic rings. The van der Waals surface area contributed by atoms with Gasteiger partial charge in [0.25, 0.3) is 0 Å². The number of alkyl carbamates (subject to hydrolysis) is 1. The molecule has 0 aliphatic rings. The molecule has 0 aliphatic heterocycles. The minimum absolute atomic E-state index is 0.0421. The first-order valence-electron chi connectivity index (χ1n) is 10.5.